The average molecular weight is 187 g/mol. The first-order valence-corrected chi connectivity index (χ1v) is 4.83. The molecule has 1 aromatic heterocycles. The number of rotatable bonds is 2. The summed E-state index contributed by atoms with van der Waals surface area (Å²) in [6.07, 6.45) is 11.9. The summed E-state index contributed by atoms with van der Waals surface area (Å²) in [5.41, 5.74) is 3.43. The summed E-state index contributed by atoms with van der Waals surface area (Å²) >= 11 is 0. The van der Waals surface area contributed by atoms with Crippen LogP contribution in [-0.2, 0) is 6.42 Å². The molecule has 0 aromatic carbocycles. The quantitative estimate of drug-likeness (QED) is 0.768. The van der Waals surface area contributed by atoms with Crippen LogP contribution >= 0.6 is 0 Å². The fourth-order valence-corrected chi connectivity index (χ4v) is 1.59. The van der Waals surface area contributed by atoms with E-state index in [9.17, 15) is 0 Å². The van der Waals surface area contributed by atoms with Crippen molar-refractivity contribution >= 4 is 12.2 Å². The standard InChI is InChI=1S/C12H13NO/c14-7-3-4-10-8-11-5-1-2-6-12(11)13-9-10/h1,3-5,8-9,14H,2,6-7H2/b4-3+. The van der Waals surface area contributed by atoms with E-state index in [4.69, 9.17) is 5.11 Å². The van der Waals surface area contributed by atoms with Crippen molar-refractivity contribution in [1.82, 2.24) is 4.98 Å². The van der Waals surface area contributed by atoms with Gasteiger partial charge >= 0.3 is 0 Å². The number of hydrogen-bond donors (Lipinski definition) is 1. The van der Waals surface area contributed by atoms with Crippen molar-refractivity contribution in [2.75, 3.05) is 6.61 Å². The van der Waals surface area contributed by atoms with Gasteiger partial charge in [0.15, 0.2) is 0 Å². The molecule has 0 spiro atoms. The molecule has 2 heteroatoms. The molecule has 0 saturated heterocycles. The van der Waals surface area contributed by atoms with Gasteiger partial charge in [0.2, 0.25) is 0 Å². The predicted molar refractivity (Wildman–Crippen MR) is 57.7 cm³/mol. The Morgan fingerprint density at radius 3 is 3.29 bits per heavy atom. The highest BCUT2D eigenvalue weighted by Gasteiger charge is 2.04. The average Bonchev–Trinajstić information content (AvgIpc) is 2.26. The Balaban J connectivity index is 2.30. The first kappa shape index (κ1) is 9.16. The molecule has 1 aliphatic rings. The largest absolute Gasteiger partial charge is 0.392 e. The third kappa shape index (κ3) is 1.91. The van der Waals surface area contributed by atoms with Gasteiger partial charge in [-0.05, 0) is 30.0 Å². The highest BCUT2D eigenvalue weighted by molar-refractivity contribution is 5.59. The summed E-state index contributed by atoms with van der Waals surface area (Å²) in [6.45, 7) is 0.0763. The van der Waals surface area contributed by atoms with Crippen LogP contribution in [0.1, 0.15) is 23.2 Å². The van der Waals surface area contributed by atoms with E-state index in [1.165, 1.54) is 11.3 Å². The van der Waals surface area contributed by atoms with Crippen molar-refractivity contribution in [2.45, 2.75) is 12.8 Å². The number of hydrogen-bond acceptors (Lipinski definition) is 2. The van der Waals surface area contributed by atoms with Crippen LogP contribution < -0.4 is 0 Å². The van der Waals surface area contributed by atoms with Gasteiger partial charge in [0.25, 0.3) is 0 Å². The van der Waals surface area contributed by atoms with Gasteiger partial charge < -0.3 is 5.11 Å². The van der Waals surface area contributed by atoms with E-state index in [1.54, 1.807) is 6.08 Å². The first-order chi connectivity index (χ1) is 6.90. The van der Waals surface area contributed by atoms with E-state index in [0.29, 0.717) is 0 Å². The zero-order chi connectivity index (χ0) is 9.80. The zero-order valence-electron chi connectivity index (χ0n) is 7.98. The van der Waals surface area contributed by atoms with Crippen LogP contribution in [0.15, 0.2) is 24.4 Å². The van der Waals surface area contributed by atoms with E-state index >= 15 is 0 Å². The minimum absolute atomic E-state index is 0.0763. The Labute approximate surface area is 83.6 Å². The maximum absolute atomic E-state index is 8.64. The molecule has 14 heavy (non-hydrogen) atoms. The lowest BCUT2D eigenvalue weighted by atomic mass is 10.0. The summed E-state index contributed by atoms with van der Waals surface area (Å²) in [5.74, 6) is 0. The highest BCUT2D eigenvalue weighted by Crippen LogP contribution is 2.18. The first-order valence-electron chi connectivity index (χ1n) is 4.83. The molecular formula is C12H13NO. The summed E-state index contributed by atoms with van der Waals surface area (Å²) in [6, 6.07) is 2.10. The Hall–Kier alpha value is -1.41. The van der Waals surface area contributed by atoms with Gasteiger partial charge in [-0.25, -0.2) is 0 Å². The minimum atomic E-state index is 0.0763. The number of aromatic nitrogens is 1. The van der Waals surface area contributed by atoms with Gasteiger partial charge in [0.05, 0.1) is 6.61 Å². The lowest BCUT2D eigenvalue weighted by molar-refractivity contribution is 0.343. The van der Waals surface area contributed by atoms with E-state index in [0.717, 1.165) is 18.4 Å². The molecule has 0 fully saturated rings. The van der Waals surface area contributed by atoms with Gasteiger partial charge in [-0.15, -0.1) is 0 Å². The molecule has 1 heterocycles. The van der Waals surface area contributed by atoms with Gasteiger partial charge in [0, 0.05) is 11.9 Å². The number of pyridine rings is 1. The fraction of sp³-hybridized carbons (Fsp3) is 0.250. The van der Waals surface area contributed by atoms with Crippen LogP contribution in [0.25, 0.3) is 12.2 Å². The second-order valence-electron chi connectivity index (χ2n) is 3.33. The number of fused-ring (bicyclic) bond motifs is 1. The Bertz CT molecular complexity index is 380. The second-order valence-corrected chi connectivity index (χ2v) is 3.33. The Morgan fingerprint density at radius 1 is 1.50 bits per heavy atom. The van der Waals surface area contributed by atoms with Crippen LogP contribution in [0.5, 0.6) is 0 Å². The molecule has 2 nitrogen and oxygen atoms in total. The molecule has 0 atom stereocenters. The molecule has 0 amide bonds. The lowest BCUT2D eigenvalue weighted by Gasteiger charge is -2.09. The molecule has 0 saturated carbocycles. The monoisotopic (exact) mass is 187 g/mol. The van der Waals surface area contributed by atoms with Crippen molar-refractivity contribution in [3.8, 4) is 0 Å². The molecule has 1 N–H and O–H groups in total. The number of aryl methyl sites for hydroxylation is 1. The molecule has 1 aromatic rings. The molecule has 72 valence electrons. The molecular weight excluding hydrogens is 174 g/mol. The van der Waals surface area contributed by atoms with Crippen LogP contribution in [0, 0.1) is 0 Å². The lowest BCUT2D eigenvalue weighted by Crippen LogP contribution is -1.97. The topological polar surface area (TPSA) is 33.1 Å². The van der Waals surface area contributed by atoms with E-state index in [1.807, 2.05) is 12.3 Å². The van der Waals surface area contributed by atoms with Crippen LogP contribution in [0.2, 0.25) is 0 Å². The normalized spacial score (nSPS) is 14.6. The Kier molecular flexibility index (Phi) is 2.75. The summed E-state index contributed by atoms with van der Waals surface area (Å²) in [4.78, 5) is 4.39. The highest BCUT2D eigenvalue weighted by atomic mass is 16.2. The molecule has 0 radical (unpaired) electrons. The van der Waals surface area contributed by atoms with Crippen LogP contribution in [0.3, 0.4) is 0 Å². The van der Waals surface area contributed by atoms with Crippen LogP contribution in [-0.4, -0.2) is 16.7 Å². The van der Waals surface area contributed by atoms with Crippen molar-refractivity contribution in [1.29, 1.82) is 0 Å². The predicted octanol–water partition coefficient (Wildman–Crippen LogP) is 2.05. The third-order valence-electron chi connectivity index (χ3n) is 2.29. The molecule has 0 unspecified atom stereocenters. The zero-order valence-corrected chi connectivity index (χ0v) is 7.98. The van der Waals surface area contributed by atoms with Gasteiger partial charge in [-0.1, -0.05) is 24.3 Å². The minimum Gasteiger partial charge on any atom is -0.392 e. The second kappa shape index (κ2) is 4.20. The van der Waals surface area contributed by atoms with E-state index < -0.39 is 0 Å². The van der Waals surface area contributed by atoms with Crippen molar-refractivity contribution < 1.29 is 5.11 Å². The molecule has 1 aliphatic carbocycles. The van der Waals surface area contributed by atoms with Gasteiger partial charge in [-0.2, -0.15) is 0 Å². The molecule has 2 rings (SSSR count). The van der Waals surface area contributed by atoms with Gasteiger partial charge in [-0.3, -0.25) is 4.98 Å². The fourth-order valence-electron chi connectivity index (χ4n) is 1.59. The van der Waals surface area contributed by atoms with Crippen molar-refractivity contribution in [3.63, 3.8) is 0 Å². The molecule has 0 bridgehead atoms. The maximum Gasteiger partial charge on any atom is 0.0615 e. The maximum atomic E-state index is 8.64. The van der Waals surface area contributed by atoms with Crippen molar-refractivity contribution in [3.05, 3.63) is 41.2 Å². The summed E-state index contributed by atoms with van der Waals surface area (Å²) < 4.78 is 0. The van der Waals surface area contributed by atoms with E-state index in [-0.39, 0.29) is 6.61 Å². The van der Waals surface area contributed by atoms with Crippen molar-refractivity contribution in [2.24, 2.45) is 0 Å². The molecule has 0 aliphatic heterocycles. The SMILES string of the molecule is OC/C=C/c1cnc2c(c1)C=CCC2. The van der Waals surface area contributed by atoms with Gasteiger partial charge in [0.1, 0.15) is 0 Å². The number of nitrogens with zero attached hydrogens (tertiary/aromatic N) is 1. The number of allylic oxidation sites excluding steroid dienone is 1. The van der Waals surface area contributed by atoms with Crippen LogP contribution in [0.4, 0.5) is 0 Å². The summed E-state index contributed by atoms with van der Waals surface area (Å²) in [5, 5.41) is 8.64. The number of aliphatic hydroxyl groups is 1. The smallest absolute Gasteiger partial charge is 0.0615 e. The summed E-state index contributed by atoms with van der Waals surface area (Å²) in [7, 11) is 0. The van der Waals surface area contributed by atoms with E-state index in [2.05, 4.69) is 23.2 Å². The third-order valence-corrected chi connectivity index (χ3v) is 2.29. The Morgan fingerprint density at radius 2 is 2.43 bits per heavy atom. The number of aliphatic hydroxyl groups excluding tert-OH is 1.